The van der Waals surface area contributed by atoms with Crippen molar-refractivity contribution in [1.29, 1.82) is 0 Å². The Bertz CT molecular complexity index is 422. The Kier molecular flexibility index (Phi) is 3.59. The van der Waals surface area contributed by atoms with Crippen molar-refractivity contribution >= 4 is 5.69 Å². The Labute approximate surface area is 107 Å². The molecule has 3 nitrogen and oxygen atoms in total. The van der Waals surface area contributed by atoms with Gasteiger partial charge in [0.25, 0.3) is 0 Å². The molecular weight excluding hydrogens is 231 g/mol. The van der Waals surface area contributed by atoms with Crippen LogP contribution in [0.15, 0.2) is 18.2 Å². The van der Waals surface area contributed by atoms with Gasteiger partial charge in [0.1, 0.15) is 5.82 Å². The van der Waals surface area contributed by atoms with Crippen LogP contribution < -0.4 is 10.6 Å². The number of hydrogen-bond donors (Lipinski definition) is 2. The second-order valence-electron chi connectivity index (χ2n) is 5.45. The van der Waals surface area contributed by atoms with Crippen molar-refractivity contribution < 1.29 is 9.50 Å². The summed E-state index contributed by atoms with van der Waals surface area (Å²) in [5.41, 5.74) is 6.69. The Hall–Kier alpha value is -1.13. The van der Waals surface area contributed by atoms with Gasteiger partial charge < -0.3 is 15.7 Å². The molecule has 0 amide bonds. The van der Waals surface area contributed by atoms with Crippen LogP contribution in [0, 0.1) is 5.82 Å². The number of halogens is 1. The van der Waals surface area contributed by atoms with E-state index in [4.69, 9.17) is 5.73 Å². The van der Waals surface area contributed by atoms with Gasteiger partial charge in [-0.3, -0.25) is 0 Å². The molecule has 1 aromatic rings. The zero-order valence-corrected chi connectivity index (χ0v) is 11.0. The minimum absolute atomic E-state index is 0.250. The highest BCUT2D eigenvalue weighted by atomic mass is 19.1. The second-order valence-corrected chi connectivity index (χ2v) is 5.45. The largest absolute Gasteiger partial charge is 0.390 e. The second kappa shape index (κ2) is 4.86. The molecule has 100 valence electrons. The average Bonchev–Trinajstić information content (AvgIpc) is 2.28. The van der Waals surface area contributed by atoms with Crippen molar-refractivity contribution in [2.45, 2.75) is 38.3 Å². The van der Waals surface area contributed by atoms with Crippen LogP contribution in [0.1, 0.15) is 38.3 Å². The molecular formula is C14H21FN2O. The fraction of sp³-hybridized carbons (Fsp3) is 0.571. The number of piperidine rings is 1. The van der Waals surface area contributed by atoms with Crippen LogP contribution in [0.5, 0.6) is 0 Å². The first-order valence-electron chi connectivity index (χ1n) is 6.42. The molecule has 0 unspecified atom stereocenters. The van der Waals surface area contributed by atoms with E-state index in [1.54, 1.807) is 13.0 Å². The lowest BCUT2D eigenvalue weighted by molar-refractivity contribution is 0.0351. The predicted molar refractivity (Wildman–Crippen MR) is 71.1 cm³/mol. The summed E-state index contributed by atoms with van der Waals surface area (Å²) < 4.78 is 13.9. The summed E-state index contributed by atoms with van der Waals surface area (Å²) in [6.45, 7) is 5.11. The Morgan fingerprint density at radius 3 is 2.56 bits per heavy atom. The first-order valence-corrected chi connectivity index (χ1v) is 6.42. The monoisotopic (exact) mass is 252 g/mol. The summed E-state index contributed by atoms with van der Waals surface area (Å²) in [6.07, 6.45) is 1.39. The molecule has 1 heterocycles. The number of nitrogens with zero attached hydrogens (tertiary/aromatic N) is 1. The zero-order chi connectivity index (χ0) is 13.3. The Morgan fingerprint density at radius 1 is 1.39 bits per heavy atom. The number of nitrogens with two attached hydrogens (primary N) is 1. The maximum Gasteiger partial charge on any atom is 0.130 e. The van der Waals surface area contributed by atoms with Crippen LogP contribution >= 0.6 is 0 Å². The molecule has 0 radical (unpaired) electrons. The van der Waals surface area contributed by atoms with E-state index >= 15 is 0 Å². The first-order chi connectivity index (χ1) is 8.41. The molecule has 2 rings (SSSR count). The van der Waals surface area contributed by atoms with E-state index in [1.165, 1.54) is 6.07 Å². The van der Waals surface area contributed by atoms with Gasteiger partial charge in [-0.05, 0) is 38.8 Å². The first kappa shape index (κ1) is 13.3. The topological polar surface area (TPSA) is 49.5 Å². The minimum atomic E-state index is -0.599. The van der Waals surface area contributed by atoms with Crippen molar-refractivity contribution in [3.8, 4) is 0 Å². The molecule has 0 aliphatic carbocycles. The molecule has 1 fully saturated rings. The molecule has 0 bridgehead atoms. The van der Waals surface area contributed by atoms with E-state index in [1.807, 2.05) is 13.0 Å². The fourth-order valence-corrected chi connectivity index (χ4v) is 2.48. The normalized spacial score (nSPS) is 20.8. The van der Waals surface area contributed by atoms with Gasteiger partial charge in [-0.1, -0.05) is 6.07 Å². The van der Waals surface area contributed by atoms with Crippen LogP contribution in [0.4, 0.5) is 10.1 Å². The fourth-order valence-electron chi connectivity index (χ4n) is 2.48. The quantitative estimate of drug-likeness (QED) is 0.848. The van der Waals surface area contributed by atoms with Crippen molar-refractivity contribution in [3.63, 3.8) is 0 Å². The molecule has 0 aromatic heterocycles. The van der Waals surface area contributed by atoms with Crippen molar-refractivity contribution in [3.05, 3.63) is 29.6 Å². The van der Waals surface area contributed by atoms with E-state index in [-0.39, 0.29) is 11.9 Å². The molecule has 18 heavy (non-hydrogen) atoms. The number of hydrogen-bond acceptors (Lipinski definition) is 3. The van der Waals surface area contributed by atoms with Gasteiger partial charge in [-0.25, -0.2) is 4.39 Å². The molecule has 0 saturated carbocycles. The molecule has 0 spiro atoms. The number of anilines is 1. The molecule has 1 saturated heterocycles. The van der Waals surface area contributed by atoms with Gasteiger partial charge in [-0.15, -0.1) is 0 Å². The third-order valence-corrected chi connectivity index (χ3v) is 3.67. The highest BCUT2D eigenvalue weighted by molar-refractivity contribution is 5.55. The van der Waals surface area contributed by atoms with Crippen LogP contribution in [-0.2, 0) is 0 Å². The zero-order valence-electron chi connectivity index (χ0n) is 11.0. The van der Waals surface area contributed by atoms with E-state index in [2.05, 4.69) is 4.90 Å². The molecule has 1 aliphatic heterocycles. The number of aliphatic hydroxyl groups is 1. The van der Waals surface area contributed by atoms with Gasteiger partial charge in [0, 0.05) is 30.4 Å². The third kappa shape index (κ3) is 2.65. The van der Waals surface area contributed by atoms with Crippen molar-refractivity contribution in [2.75, 3.05) is 18.0 Å². The van der Waals surface area contributed by atoms with E-state index in [0.717, 1.165) is 18.8 Å². The maximum absolute atomic E-state index is 13.9. The van der Waals surface area contributed by atoms with Crippen molar-refractivity contribution in [2.24, 2.45) is 5.73 Å². The third-order valence-electron chi connectivity index (χ3n) is 3.67. The van der Waals surface area contributed by atoms with E-state index in [9.17, 15) is 9.50 Å². The summed E-state index contributed by atoms with van der Waals surface area (Å²) in [4.78, 5) is 2.11. The van der Waals surface area contributed by atoms with Crippen LogP contribution in [-0.4, -0.2) is 23.8 Å². The summed E-state index contributed by atoms with van der Waals surface area (Å²) in [5.74, 6) is -0.250. The maximum atomic E-state index is 13.9. The molecule has 4 heteroatoms. The van der Waals surface area contributed by atoms with Gasteiger partial charge >= 0.3 is 0 Å². The van der Waals surface area contributed by atoms with Crippen LogP contribution in [0.3, 0.4) is 0 Å². The highest BCUT2D eigenvalue weighted by Crippen LogP contribution is 2.32. The van der Waals surface area contributed by atoms with Crippen LogP contribution in [0.2, 0.25) is 0 Å². The molecule has 1 aromatic carbocycles. The predicted octanol–water partition coefficient (Wildman–Crippen LogP) is 2.20. The smallest absolute Gasteiger partial charge is 0.130 e. The lowest BCUT2D eigenvalue weighted by Crippen LogP contribution is -2.43. The lowest BCUT2D eigenvalue weighted by atomic mass is 9.92. The Morgan fingerprint density at radius 2 is 2.00 bits per heavy atom. The SMILES string of the molecule is C[C@H](N)c1c(F)cccc1N1CCC(C)(O)CC1. The standard InChI is InChI=1S/C14H21FN2O/c1-10(16)13-11(15)4-3-5-12(13)17-8-6-14(2,18)7-9-17/h3-5,10,18H,6-9,16H2,1-2H3/t10-/m0/s1. The lowest BCUT2D eigenvalue weighted by Gasteiger charge is -2.38. The van der Waals surface area contributed by atoms with E-state index in [0.29, 0.717) is 18.4 Å². The minimum Gasteiger partial charge on any atom is -0.390 e. The number of rotatable bonds is 2. The summed E-state index contributed by atoms with van der Waals surface area (Å²) >= 11 is 0. The van der Waals surface area contributed by atoms with Gasteiger partial charge in [-0.2, -0.15) is 0 Å². The average molecular weight is 252 g/mol. The van der Waals surface area contributed by atoms with Crippen molar-refractivity contribution in [1.82, 2.24) is 0 Å². The number of benzene rings is 1. The van der Waals surface area contributed by atoms with Gasteiger partial charge in [0.2, 0.25) is 0 Å². The molecule has 1 atom stereocenters. The van der Waals surface area contributed by atoms with Gasteiger partial charge in [0.05, 0.1) is 5.60 Å². The summed E-state index contributed by atoms with van der Waals surface area (Å²) in [5, 5.41) is 9.95. The summed E-state index contributed by atoms with van der Waals surface area (Å²) in [7, 11) is 0. The highest BCUT2D eigenvalue weighted by Gasteiger charge is 2.29. The molecule has 3 N–H and O–H groups in total. The molecule has 1 aliphatic rings. The van der Waals surface area contributed by atoms with E-state index < -0.39 is 5.60 Å². The summed E-state index contributed by atoms with van der Waals surface area (Å²) in [6, 6.07) is 4.73. The Balaban J connectivity index is 2.27. The van der Waals surface area contributed by atoms with Crippen LogP contribution in [0.25, 0.3) is 0 Å². The van der Waals surface area contributed by atoms with Gasteiger partial charge in [0.15, 0.2) is 0 Å².